The summed E-state index contributed by atoms with van der Waals surface area (Å²) in [6, 6.07) is 0. The molecule has 0 bridgehead atoms. The topological polar surface area (TPSA) is 42.4 Å². The van der Waals surface area contributed by atoms with Crippen molar-refractivity contribution in [2.24, 2.45) is 0 Å². The van der Waals surface area contributed by atoms with Crippen molar-refractivity contribution in [3.8, 4) is 0 Å². The molecule has 1 amide bonds. The standard InChI is InChI=1S/C15H22N2O2S/c1-2-13-16-12(11-20-13)10-17-8-7-15(5-3-9-19-15)6-4-14(17)18/h11H,2-10H2,1H3/t15-/m0/s1. The van der Waals surface area contributed by atoms with Crippen LogP contribution >= 0.6 is 11.3 Å². The third kappa shape index (κ3) is 2.88. The molecule has 0 radical (unpaired) electrons. The van der Waals surface area contributed by atoms with Crippen LogP contribution in [-0.2, 0) is 22.5 Å². The molecule has 1 atom stereocenters. The Labute approximate surface area is 124 Å². The molecule has 0 N–H and O–H groups in total. The Morgan fingerprint density at radius 2 is 2.35 bits per heavy atom. The van der Waals surface area contributed by atoms with Gasteiger partial charge in [0, 0.05) is 25.0 Å². The van der Waals surface area contributed by atoms with Gasteiger partial charge in [-0.2, -0.15) is 0 Å². The highest BCUT2D eigenvalue weighted by Crippen LogP contribution is 2.36. The molecule has 2 aliphatic rings. The molecule has 3 heterocycles. The highest BCUT2D eigenvalue weighted by atomic mass is 32.1. The van der Waals surface area contributed by atoms with Crippen LogP contribution in [-0.4, -0.2) is 34.5 Å². The molecular formula is C15H22N2O2S. The predicted octanol–water partition coefficient (Wildman–Crippen LogP) is 2.77. The van der Waals surface area contributed by atoms with Gasteiger partial charge in [-0.25, -0.2) is 4.98 Å². The second kappa shape index (κ2) is 5.82. The molecule has 2 fully saturated rings. The normalized spacial score (nSPS) is 27.2. The Hall–Kier alpha value is -0.940. The fourth-order valence-electron chi connectivity index (χ4n) is 3.18. The van der Waals surface area contributed by atoms with Crippen LogP contribution in [0.3, 0.4) is 0 Å². The van der Waals surface area contributed by atoms with Gasteiger partial charge in [0.25, 0.3) is 0 Å². The van der Waals surface area contributed by atoms with E-state index in [0.29, 0.717) is 13.0 Å². The summed E-state index contributed by atoms with van der Waals surface area (Å²) < 4.78 is 5.94. The van der Waals surface area contributed by atoms with Gasteiger partial charge in [-0.1, -0.05) is 6.92 Å². The lowest BCUT2D eigenvalue weighted by Crippen LogP contribution is -2.32. The summed E-state index contributed by atoms with van der Waals surface area (Å²) >= 11 is 1.69. The third-order valence-corrected chi connectivity index (χ3v) is 5.47. The van der Waals surface area contributed by atoms with Crippen LogP contribution in [0.15, 0.2) is 5.38 Å². The van der Waals surface area contributed by atoms with Crippen LogP contribution < -0.4 is 0 Å². The van der Waals surface area contributed by atoms with Crippen molar-refractivity contribution in [2.45, 2.75) is 57.6 Å². The number of nitrogens with zero attached hydrogens (tertiary/aromatic N) is 2. The fourth-order valence-corrected chi connectivity index (χ4v) is 3.91. The van der Waals surface area contributed by atoms with E-state index in [1.807, 2.05) is 4.90 Å². The van der Waals surface area contributed by atoms with Crippen molar-refractivity contribution < 1.29 is 9.53 Å². The lowest BCUT2D eigenvalue weighted by Gasteiger charge is -2.26. The quantitative estimate of drug-likeness (QED) is 0.861. The summed E-state index contributed by atoms with van der Waals surface area (Å²) in [6.45, 7) is 4.43. The van der Waals surface area contributed by atoms with E-state index in [-0.39, 0.29) is 11.5 Å². The van der Waals surface area contributed by atoms with E-state index < -0.39 is 0 Å². The minimum Gasteiger partial charge on any atom is -0.375 e. The number of likely N-dealkylation sites (tertiary alicyclic amines) is 1. The van der Waals surface area contributed by atoms with Gasteiger partial charge >= 0.3 is 0 Å². The summed E-state index contributed by atoms with van der Waals surface area (Å²) in [5.41, 5.74) is 1.02. The second-order valence-electron chi connectivity index (χ2n) is 5.79. The number of carbonyl (C=O) groups is 1. The van der Waals surface area contributed by atoms with Gasteiger partial charge in [0.15, 0.2) is 0 Å². The predicted molar refractivity (Wildman–Crippen MR) is 78.7 cm³/mol. The summed E-state index contributed by atoms with van der Waals surface area (Å²) in [6.07, 6.45) is 5.70. The first-order chi connectivity index (χ1) is 9.71. The maximum absolute atomic E-state index is 12.3. The first-order valence-corrected chi connectivity index (χ1v) is 8.44. The lowest BCUT2D eigenvalue weighted by molar-refractivity contribution is -0.131. The summed E-state index contributed by atoms with van der Waals surface area (Å²) in [4.78, 5) is 18.8. The van der Waals surface area contributed by atoms with Gasteiger partial charge < -0.3 is 9.64 Å². The van der Waals surface area contributed by atoms with Crippen molar-refractivity contribution in [1.29, 1.82) is 0 Å². The molecule has 4 nitrogen and oxygen atoms in total. The molecule has 0 unspecified atom stereocenters. The number of hydrogen-bond acceptors (Lipinski definition) is 4. The van der Waals surface area contributed by atoms with E-state index in [9.17, 15) is 4.79 Å². The van der Waals surface area contributed by atoms with Crippen molar-refractivity contribution in [2.75, 3.05) is 13.2 Å². The molecule has 1 spiro atoms. The molecule has 3 rings (SSSR count). The Kier molecular flexibility index (Phi) is 4.08. The summed E-state index contributed by atoms with van der Waals surface area (Å²) in [5, 5.41) is 3.23. The van der Waals surface area contributed by atoms with Gasteiger partial charge in [0.1, 0.15) is 0 Å². The SMILES string of the molecule is CCc1nc(CN2CC[C@]3(CCCO3)CCC2=O)cs1. The number of ether oxygens (including phenoxy) is 1. The van der Waals surface area contributed by atoms with Crippen LogP contribution in [0.25, 0.3) is 0 Å². The number of rotatable bonds is 3. The number of amides is 1. The number of carbonyl (C=O) groups excluding carboxylic acids is 1. The molecule has 0 aromatic carbocycles. The summed E-state index contributed by atoms with van der Waals surface area (Å²) in [5.74, 6) is 0.253. The number of aromatic nitrogens is 1. The molecule has 0 saturated carbocycles. The van der Waals surface area contributed by atoms with Crippen molar-refractivity contribution in [3.63, 3.8) is 0 Å². The largest absolute Gasteiger partial charge is 0.375 e. The monoisotopic (exact) mass is 294 g/mol. The molecule has 2 saturated heterocycles. The first kappa shape index (κ1) is 14.0. The average molecular weight is 294 g/mol. The Morgan fingerprint density at radius 1 is 1.45 bits per heavy atom. The zero-order chi connectivity index (χ0) is 14.0. The van der Waals surface area contributed by atoms with E-state index in [2.05, 4.69) is 17.3 Å². The van der Waals surface area contributed by atoms with Crippen LogP contribution in [0, 0.1) is 0 Å². The maximum Gasteiger partial charge on any atom is 0.223 e. The van der Waals surface area contributed by atoms with Crippen LogP contribution in [0.2, 0.25) is 0 Å². The van der Waals surface area contributed by atoms with Crippen molar-refractivity contribution in [3.05, 3.63) is 16.1 Å². The van der Waals surface area contributed by atoms with Gasteiger partial charge in [0.05, 0.1) is 22.8 Å². The van der Waals surface area contributed by atoms with Gasteiger partial charge in [0.2, 0.25) is 5.91 Å². The molecule has 20 heavy (non-hydrogen) atoms. The zero-order valence-corrected chi connectivity index (χ0v) is 12.9. The third-order valence-electron chi connectivity index (χ3n) is 4.42. The zero-order valence-electron chi connectivity index (χ0n) is 12.1. The van der Waals surface area contributed by atoms with Crippen molar-refractivity contribution >= 4 is 17.2 Å². The molecule has 110 valence electrons. The first-order valence-electron chi connectivity index (χ1n) is 7.56. The maximum atomic E-state index is 12.3. The van der Waals surface area contributed by atoms with Gasteiger partial charge in [-0.05, 0) is 32.1 Å². The van der Waals surface area contributed by atoms with Gasteiger partial charge in [-0.3, -0.25) is 4.79 Å². The van der Waals surface area contributed by atoms with Crippen LogP contribution in [0.5, 0.6) is 0 Å². The van der Waals surface area contributed by atoms with Crippen LogP contribution in [0.1, 0.15) is 49.7 Å². The number of aryl methyl sites for hydroxylation is 1. The Morgan fingerprint density at radius 3 is 3.05 bits per heavy atom. The fraction of sp³-hybridized carbons (Fsp3) is 0.733. The highest BCUT2D eigenvalue weighted by molar-refractivity contribution is 7.09. The molecule has 1 aromatic rings. The van der Waals surface area contributed by atoms with E-state index >= 15 is 0 Å². The molecule has 0 aliphatic carbocycles. The van der Waals surface area contributed by atoms with E-state index in [0.717, 1.165) is 56.0 Å². The highest BCUT2D eigenvalue weighted by Gasteiger charge is 2.38. The van der Waals surface area contributed by atoms with Crippen LogP contribution in [0.4, 0.5) is 0 Å². The van der Waals surface area contributed by atoms with Gasteiger partial charge in [-0.15, -0.1) is 11.3 Å². The minimum atomic E-state index is -0.0128. The number of thiazole rings is 1. The van der Waals surface area contributed by atoms with E-state index in [4.69, 9.17) is 4.74 Å². The molecule has 2 aliphatic heterocycles. The Balaban J connectivity index is 1.65. The molecule has 5 heteroatoms. The van der Waals surface area contributed by atoms with Crippen molar-refractivity contribution in [1.82, 2.24) is 9.88 Å². The van der Waals surface area contributed by atoms with E-state index in [1.54, 1.807) is 11.3 Å². The molecule has 1 aromatic heterocycles. The number of hydrogen-bond donors (Lipinski definition) is 0. The summed E-state index contributed by atoms with van der Waals surface area (Å²) in [7, 11) is 0. The average Bonchev–Trinajstić information content (AvgIpc) is 3.07. The smallest absolute Gasteiger partial charge is 0.223 e. The van der Waals surface area contributed by atoms with E-state index in [1.165, 1.54) is 0 Å². The minimum absolute atomic E-state index is 0.0128. The molecular weight excluding hydrogens is 272 g/mol. The second-order valence-corrected chi connectivity index (χ2v) is 6.73. The lowest BCUT2D eigenvalue weighted by atomic mass is 9.92. The Bertz CT molecular complexity index is 480.